The minimum Gasteiger partial charge on any atom is -0.454 e. The molecule has 1 aromatic heterocycles. The summed E-state index contributed by atoms with van der Waals surface area (Å²) in [5.41, 5.74) is 1.90. The molecule has 1 aliphatic rings. The molecule has 29 heavy (non-hydrogen) atoms. The van der Waals surface area contributed by atoms with E-state index < -0.39 is 6.04 Å². The lowest BCUT2D eigenvalue weighted by Crippen LogP contribution is -2.14. The first kappa shape index (κ1) is 17.2. The second-order valence-electron chi connectivity index (χ2n) is 6.48. The van der Waals surface area contributed by atoms with Gasteiger partial charge in [-0.15, -0.1) is 10.2 Å². The molecule has 0 saturated heterocycles. The number of ether oxygens (including phenoxy) is 2. The minimum absolute atomic E-state index is 0.180. The van der Waals surface area contributed by atoms with Gasteiger partial charge in [0.2, 0.25) is 18.6 Å². The van der Waals surface area contributed by atoms with Crippen molar-refractivity contribution in [2.45, 2.75) is 6.04 Å². The quantitative estimate of drug-likeness (QED) is 0.528. The predicted octanol–water partition coefficient (Wildman–Crippen LogP) is 4.81. The number of nitrogens with zero attached hydrogens (tertiary/aromatic N) is 2. The first-order valence-electron chi connectivity index (χ1n) is 9.07. The number of fused-ring (bicyclic) bond motifs is 1. The molecule has 144 valence electrons. The fraction of sp³-hybridized carbons (Fsp3) is 0.0909. The Morgan fingerprint density at radius 1 is 0.862 bits per heavy atom. The maximum Gasteiger partial charge on any atom is 0.247 e. The van der Waals surface area contributed by atoms with Gasteiger partial charge in [-0.2, -0.15) is 0 Å². The number of rotatable bonds is 5. The molecule has 3 aromatic carbocycles. The molecule has 0 saturated carbocycles. The van der Waals surface area contributed by atoms with Gasteiger partial charge in [-0.3, -0.25) is 0 Å². The Hall–Kier alpha value is -3.87. The number of halogens is 1. The van der Waals surface area contributed by atoms with Crippen molar-refractivity contribution < 1.29 is 18.3 Å². The number of anilines is 1. The van der Waals surface area contributed by atoms with Crippen LogP contribution in [0.4, 0.5) is 10.1 Å². The molecular weight excluding hydrogens is 373 g/mol. The standard InChI is InChI=1S/C22H16FN3O3/c23-17-9-5-4-8-16(17)20(24-15-10-11-18-19(12-15)28-13-27-18)22-26-25-21(29-22)14-6-2-1-3-7-14/h1-12,20,24H,13H2/t20-/m0/s1. The lowest BCUT2D eigenvalue weighted by molar-refractivity contribution is 0.174. The summed E-state index contributed by atoms with van der Waals surface area (Å²) in [5, 5.41) is 11.6. The molecule has 0 amide bonds. The van der Waals surface area contributed by atoms with E-state index in [4.69, 9.17) is 13.9 Å². The summed E-state index contributed by atoms with van der Waals surface area (Å²) in [4.78, 5) is 0. The van der Waals surface area contributed by atoms with Crippen molar-refractivity contribution in [2.75, 3.05) is 12.1 Å². The van der Waals surface area contributed by atoms with Crippen LogP contribution in [0.3, 0.4) is 0 Å². The molecule has 0 bridgehead atoms. The first-order valence-corrected chi connectivity index (χ1v) is 9.07. The Labute approximate surface area is 165 Å². The normalized spacial score (nSPS) is 13.3. The highest BCUT2D eigenvalue weighted by Crippen LogP contribution is 2.36. The molecule has 6 nitrogen and oxygen atoms in total. The molecule has 0 fully saturated rings. The van der Waals surface area contributed by atoms with Gasteiger partial charge < -0.3 is 19.2 Å². The van der Waals surface area contributed by atoms with E-state index in [0.717, 1.165) is 5.56 Å². The van der Waals surface area contributed by atoms with Crippen molar-refractivity contribution in [3.05, 3.63) is 90.1 Å². The van der Waals surface area contributed by atoms with E-state index >= 15 is 0 Å². The largest absolute Gasteiger partial charge is 0.454 e. The van der Waals surface area contributed by atoms with Gasteiger partial charge in [-0.25, -0.2) is 4.39 Å². The Bertz CT molecular complexity index is 1150. The summed E-state index contributed by atoms with van der Waals surface area (Å²) in [5.74, 6) is 1.55. The smallest absolute Gasteiger partial charge is 0.247 e. The molecule has 7 heteroatoms. The van der Waals surface area contributed by atoms with E-state index in [1.165, 1.54) is 6.07 Å². The van der Waals surface area contributed by atoms with Crippen molar-refractivity contribution in [1.82, 2.24) is 10.2 Å². The Morgan fingerprint density at radius 3 is 2.52 bits per heavy atom. The van der Waals surface area contributed by atoms with Crippen molar-refractivity contribution in [3.63, 3.8) is 0 Å². The van der Waals surface area contributed by atoms with Crippen molar-refractivity contribution in [1.29, 1.82) is 0 Å². The molecule has 0 spiro atoms. The molecule has 0 radical (unpaired) electrons. The van der Waals surface area contributed by atoms with Gasteiger partial charge in [0.25, 0.3) is 0 Å². The summed E-state index contributed by atoms with van der Waals surface area (Å²) in [6.07, 6.45) is 0. The summed E-state index contributed by atoms with van der Waals surface area (Å²) in [6, 6.07) is 20.7. The topological polar surface area (TPSA) is 69.4 Å². The highest BCUT2D eigenvalue weighted by atomic mass is 19.1. The average molecular weight is 389 g/mol. The Morgan fingerprint density at radius 2 is 1.66 bits per heavy atom. The zero-order valence-electron chi connectivity index (χ0n) is 15.2. The average Bonchev–Trinajstić information content (AvgIpc) is 3.43. The van der Waals surface area contributed by atoms with Gasteiger partial charge in [-0.05, 0) is 30.3 Å². The van der Waals surface area contributed by atoms with Gasteiger partial charge in [0.05, 0.1) is 0 Å². The van der Waals surface area contributed by atoms with Gasteiger partial charge in [-0.1, -0.05) is 36.4 Å². The van der Waals surface area contributed by atoms with E-state index in [0.29, 0.717) is 28.6 Å². The number of hydrogen-bond donors (Lipinski definition) is 1. The minimum atomic E-state index is -0.679. The fourth-order valence-corrected chi connectivity index (χ4v) is 3.18. The summed E-state index contributed by atoms with van der Waals surface area (Å²) < 4.78 is 31.3. The van der Waals surface area contributed by atoms with E-state index in [2.05, 4.69) is 15.5 Å². The molecule has 4 aromatic rings. The third kappa shape index (κ3) is 3.38. The summed E-state index contributed by atoms with van der Waals surface area (Å²) in [6.45, 7) is 0.180. The van der Waals surface area contributed by atoms with Crippen LogP contribution in [0.1, 0.15) is 17.5 Å². The SMILES string of the molecule is Fc1ccccc1[C@H](Nc1ccc2c(c1)OCO2)c1nnc(-c2ccccc2)o1. The molecule has 1 atom stereocenters. The summed E-state index contributed by atoms with van der Waals surface area (Å²) in [7, 11) is 0. The molecule has 2 heterocycles. The monoisotopic (exact) mass is 389 g/mol. The van der Waals surface area contributed by atoms with Gasteiger partial charge in [0.15, 0.2) is 11.5 Å². The van der Waals surface area contributed by atoms with Crippen LogP contribution in [0.25, 0.3) is 11.5 Å². The maximum atomic E-state index is 14.6. The van der Waals surface area contributed by atoms with Crippen LogP contribution in [0.5, 0.6) is 11.5 Å². The molecule has 1 aliphatic heterocycles. The van der Waals surface area contributed by atoms with Crippen LogP contribution in [-0.4, -0.2) is 17.0 Å². The highest BCUT2D eigenvalue weighted by Gasteiger charge is 2.25. The second kappa shape index (κ2) is 7.27. The van der Waals surface area contributed by atoms with Crippen LogP contribution in [0.15, 0.2) is 77.2 Å². The predicted molar refractivity (Wildman–Crippen MR) is 104 cm³/mol. The third-order valence-electron chi connectivity index (χ3n) is 4.61. The number of hydrogen-bond acceptors (Lipinski definition) is 6. The van der Waals surface area contributed by atoms with E-state index in [9.17, 15) is 4.39 Å². The zero-order valence-corrected chi connectivity index (χ0v) is 15.2. The molecule has 5 rings (SSSR count). The van der Waals surface area contributed by atoms with E-state index in [1.807, 2.05) is 36.4 Å². The van der Waals surface area contributed by atoms with Crippen LogP contribution >= 0.6 is 0 Å². The number of benzene rings is 3. The number of nitrogens with one attached hydrogen (secondary N) is 1. The lowest BCUT2D eigenvalue weighted by Gasteiger charge is -2.18. The van der Waals surface area contributed by atoms with Crippen molar-refractivity contribution >= 4 is 5.69 Å². The maximum absolute atomic E-state index is 14.6. The molecule has 0 aliphatic carbocycles. The Balaban J connectivity index is 1.53. The first-order chi connectivity index (χ1) is 14.3. The van der Waals surface area contributed by atoms with Crippen LogP contribution in [0, 0.1) is 5.82 Å². The van der Waals surface area contributed by atoms with E-state index in [-0.39, 0.29) is 18.5 Å². The zero-order chi connectivity index (χ0) is 19.6. The van der Waals surface area contributed by atoms with Gasteiger partial charge in [0, 0.05) is 22.9 Å². The van der Waals surface area contributed by atoms with Crippen LogP contribution in [-0.2, 0) is 0 Å². The second-order valence-corrected chi connectivity index (χ2v) is 6.48. The van der Waals surface area contributed by atoms with Crippen LogP contribution in [0.2, 0.25) is 0 Å². The van der Waals surface area contributed by atoms with Crippen molar-refractivity contribution in [2.24, 2.45) is 0 Å². The highest BCUT2D eigenvalue weighted by molar-refractivity contribution is 5.57. The summed E-state index contributed by atoms with van der Waals surface area (Å²) >= 11 is 0. The third-order valence-corrected chi connectivity index (χ3v) is 4.61. The molecule has 0 unspecified atom stereocenters. The lowest BCUT2D eigenvalue weighted by atomic mass is 10.1. The van der Waals surface area contributed by atoms with E-state index in [1.54, 1.807) is 30.3 Å². The fourth-order valence-electron chi connectivity index (χ4n) is 3.18. The molecule has 1 N–H and O–H groups in total. The van der Waals surface area contributed by atoms with Crippen molar-refractivity contribution in [3.8, 4) is 23.0 Å². The van der Waals surface area contributed by atoms with Gasteiger partial charge in [0.1, 0.15) is 11.9 Å². The van der Waals surface area contributed by atoms with Gasteiger partial charge >= 0.3 is 0 Å². The van der Waals surface area contributed by atoms with Crippen LogP contribution < -0.4 is 14.8 Å². The molecular formula is C22H16FN3O3. The number of aromatic nitrogens is 2. The Kier molecular flexibility index (Phi) is 4.32.